The molecule has 0 radical (unpaired) electrons. The molecule has 1 heterocycles. The van der Waals surface area contributed by atoms with Gasteiger partial charge in [0.05, 0.1) is 11.8 Å². The molecule has 0 amide bonds. The normalized spacial score (nSPS) is 8.08. The molecular formula is C7H12N4S. The van der Waals surface area contributed by atoms with Crippen LogP contribution in [0.5, 0.6) is 0 Å². The summed E-state index contributed by atoms with van der Waals surface area (Å²) in [6.45, 7) is 4.00. The van der Waals surface area contributed by atoms with Crippen molar-refractivity contribution < 1.29 is 0 Å². The van der Waals surface area contributed by atoms with Crippen LogP contribution in [0.1, 0.15) is 26.0 Å². The third-order valence-corrected chi connectivity index (χ3v) is 1.43. The monoisotopic (exact) mass is 184 g/mol. The lowest BCUT2D eigenvalue weighted by atomic mass is 10.3. The lowest BCUT2D eigenvalue weighted by Gasteiger charge is -1.82. The van der Waals surface area contributed by atoms with Crippen molar-refractivity contribution in [1.29, 1.82) is 5.26 Å². The van der Waals surface area contributed by atoms with Crippen LogP contribution in [0, 0.1) is 16.0 Å². The second-order valence-corrected chi connectivity index (χ2v) is 2.19. The van der Waals surface area contributed by atoms with Crippen molar-refractivity contribution in [1.82, 2.24) is 15.4 Å². The van der Waals surface area contributed by atoms with Crippen LogP contribution in [0.25, 0.3) is 0 Å². The number of aromatic amines is 2. The minimum absolute atomic E-state index is 0.461. The van der Waals surface area contributed by atoms with Crippen molar-refractivity contribution in [3.05, 3.63) is 10.3 Å². The second-order valence-electron chi connectivity index (χ2n) is 1.78. The summed E-state index contributed by atoms with van der Waals surface area (Å²) in [4.78, 5) is 0. The summed E-state index contributed by atoms with van der Waals surface area (Å²) in [6, 6.07) is 2.02. The Bertz CT molecular complexity index is 293. The van der Waals surface area contributed by atoms with Gasteiger partial charge in [0.15, 0.2) is 0 Å². The van der Waals surface area contributed by atoms with Crippen molar-refractivity contribution in [3.8, 4) is 6.07 Å². The van der Waals surface area contributed by atoms with Crippen LogP contribution in [0.3, 0.4) is 0 Å². The number of nitriles is 1. The molecule has 2 N–H and O–H groups in total. The Hall–Kier alpha value is -1.15. The van der Waals surface area contributed by atoms with Gasteiger partial charge in [-0.2, -0.15) is 10.4 Å². The van der Waals surface area contributed by atoms with E-state index in [1.807, 2.05) is 19.9 Å². The number of rotatable bonds is 2. The third-order valence-electron chi connectivity index (χ3n) is 1.10. The molecule has 1 aromatic rings. The highest BCUT2D eigenvalue weighted by Gasteiger charge is 1.96. The van der Waals surface area contributed by atoms with E-state index in [2.05, 4.69) is 15.4 Å². The van der Waals surface area contributed by atoms with E-state index in [0.29, 0.717) is 17.5 Å². The summed E-state index contributed by atoms with van der Waals surface area (Å²) in [5.74, 6) is 0. The molecule has 4 nitrogen and oxygen atoms in total. The smallest absolute Gasteiger partial charge is 0.142 e. The van der Waals surface area contributed by atoms with Crippen LogP contribution < -0.4 is 0 Å². The Labute approximate surface area is 76.6 Å². The van der Waals surface area contributed by atoms with Gasteiger partial charge in [-0.05, 0) is 0 Å². The zero-order valence-corrected chi connectivity index (χ0v) is 8.03. The summed E-state index contributed by atoms with van der Waals surface area (Å²) in [5.41, 5.74) is 0.761. The quantitative estimate of drug-likeness (QED) is 0.690. The van der Waals surface area contributed by atoms with Gasteiger partial charge >= 0.3 is 0 Å². The van der Waals surface area contributed by atoms with E-state index in [-0.39, 0.29) is 0 Å². The van der Waals surface area contributed by atoms with Crippen LogP contribution in [-0.2, 0) is 6.42 Å². The van der Waals surface area contributed by atoms with Crippen molar-refractivity contribution in [2.45, 2.75) is 26.7 Å². The highest BCUT2D eigenvalue weighted by atomic mass is 32.1. The Kier molecular flexibility index (Phi) is 5.93. The molecule has 0 aliphatic carbocycles. The molecule has 0 fully saturated rings. The molecule has 1 aromatic heterocycles. The lowest BCUT2D eigenvalue weighted by Crippen LogP contribution is -1.83. The maximum absolute atomic E-state index is 8.22. The number of nitrogens with one attached hydrogen (secondary N) is 2. The third kappa shape index (κ3) is 3.30. The summed E-state index contributed by atoms with van der Waals surface area (Å²) in [5, 5.41) is 17.2. The topological polar surface area (TPSA) is 68.3 Å². The highest BCUT2D eigenvalue weighted by molar-refractivity contribution is 7.71. The maximum atomic E-state index is 8.22. The molecule has 0 saturated carbocycles. The van der Waals surface area contributed by atoms with Crippen molar-refractivity contribution in [2.75, 3.05) is 0 Å². The Morgan fingerprint density at radius 2 is 2.25 bits per heavy atom. The fourth-order valence-corrected chi connectivity index (χ4v) is 0.806. The Morgan fingerprint density at radius 1 is 1.58 bits per heavy atom. The van der Waals surface area contributed by atoms with Gasteiger partial charge in [0.1, 0.15) is 4.64 Å². The number of hydrogen-bond donors (Lipinski definition) is 2. The first-order chi connectivity index (χ1) is 5.84. The van der Waals surface area contributed by atoms with Crippen LogP contribution >= 0.6 is 12.2 Å². The van der Waals surface area contributed by atoms with E-state index in [0.717, 1.165) is 5.69 Å². The fourth-order valence-electron chi connectivity index (χ4n) is 0.613. The lowest BCUT2D eigenvalue weighted by molar-refractivity contribution is 0.887. The van der Waals surface area contributed by atoms with E-state index in [1.54, 1.807) is 0 Å². The summed E-state index contributed by atoms with van der Waals surface area (Å²) in [7, 11) is 0. The second kappa shape index (κ2) is 6.55. The van der Waals surface area contributed by atoms with Gasteiger partial charge in [-0.15, -0.1) is 0 Å². The molecule has 12 heavy (non-hydrogen) atoms. The van der Waals surface area contributed by atoms with Gasteiger partial charge in [0.2, 0.25) is 0 Å². The molecule has 66 valence electrons. The predicted octanol–water partition coefficient (Wildman–Crippen LogP) is 1.95. The van der Waals surface area contributed by atoms with Gasteiger partial charge in [0, 0.05) is 12.8 Å². The molecule has 0 aliphatic rings. The van der Waals surface area contributed by atoms with Crippen molar-refractivity contribution in [3.63, 3.8) is 0 Å². The number of aromatic nitrogens is 3. The number of aryl methyl sites for hydroxylation is 1. The van der Waals surface area contributed by atoms with E-state index in [9.17, 15) is 0 Å². The highest BCUT2D eigenvalue weighted by Crippen LogP contribution is 1.96. The summed E-state index contributed by atoms with van der Waals surface area (Å²) < 4.78 is 0.593. The van der Waals surface area contributed by atoms with Crippen molar-refractivity contribution in [2.24, 2.45) is 0 Å². The first-order valence-corrected chi connectivity index (χ1v) is 4.24. The zero-order chi connectivity index (χ0) is 9.40. The fraction of sp³-hybridized carbons (Fsp3) is 0.571. The molecule has 5 heteroatoms. The average Bonchev–Trinajstić information content (AvgIpc) is 2.51. The first kappa shape index (κ1) is 10.8. The number of hydrogen-bond acceptors (Lipinski definition) is 3. The molecule has 0 aromatic carbocycles. The summed E-state index contributed by atoms with van der Waals surface area (Å²) >= 11 is 4.84. The van der Waals surface area contributed by atoms with Gasteiger partial charge < -0.3 is 0 Å². The Balaban J connectivity index is 0.000000561. The zero-order valence-electron chi connectivity index (χ0n) is 7.22. The first-order valence-electron chi connectivity index (χ1n) is 3.83. The molecule has 0 spiro atoms. The SMILES string of the molecule is CC.N#CCCc1n[nH][nH]c1=S. The van der Waals surface area contributed by atoms with Gasteiger partial charge in [0.25, 0.3) is 0 Å². The average molecular weight is 184 g/mol. The van der Waals surface area contributed by atoms with Gasteiger partial charge in [-0.25, -0.2) is 5.21 Å². The molecule has 0 saturated heterocycles. The van der Waals surface area contributed by atoms with Crippen LogP contribution in [0.4, 0.5) is 0 Å². The molecule has 0 unspecified atom stereocenters. The predicted molar refractivity (Wildman–Crippen MR) is 49.1 cm³/mol. The standard InChI is InChI=1S/C5H6N4S.C2H6/c6-3-1-2-4-5(10)8-9-7-4;1-2/h1-2H2,(H2,7,8,9,10);1-2H3. The van der Waals surface area contributed by atoms with Crippen molar-refractivity contribution >= 4 is 12.2 Å². The molecule has 1 rings (SSSR count). The van der Waals surface area contributed by atoms with Crippen LogP contribution in [-0.4, -0.2) is 15.4 Å². The van der Waals surface area contributed by atoms with Crippen LogP contribution in [0.2, 0.25) is 0 Å². The van der Waals surface area contributed by atoms with E-state index < -0.39 is 0 Å². The molecule has 0 aliphatic heterocycles. The van der Waals surface area contributed by atoms with E-state index in [4.69, 9.17) is 17.5 Å². The van der Waals surface area contributed by atoms with E-state index in [1.165, 1.54) is 0 Å². The number of nitrogens with zero attached hydrogens (tertiary/aromatic N) is 2. The van der Waals surface area contributed by atoms with E-state index >= 15 is 0 Å². The minimum Gasteiger partial charge on any atom is -0.273 e. The Morgan fingerprint density at radius 3 is 2.67 bits per heavy atom. The maximum Gasteiger partial charge on any atom is 0.142 e. The number of H-pyrrole nitrogens is 2. The molecule has 0 bridgehead atoms. The van der Waals surface area contributed by atoms with Gasteiger partial charge in [-0.3, -0.25) is 5.10 Å². The van der Waals surface area contributed by atoms with Gasteiger partial charge in [-0.1, -0.05) is 26.1 Å². The largest absolute Gasteiger partial charge is 0.273 e. The summed E-state index contributed by atoms with van der Waals surface area (Å²) in [6.07, 6.45) is 1.08. The minimum atomic E-state index is 0.461. The molecule has 0 atom stereocenters. The van der Waals surface area contributed by atoms with Crippen LogP contribution in [0.15, 0.2) is 0 Å². The molecular weight excluding hydrogens is 172 g/mol.